The molecule has 0 heterocycles. The molecule has 0 radical (unpaired) electrons. The van der Waals surface area contributed by atoms with Gasteiger partial charge in [0.25, 0.3) is 0 Å². The molecule has 112 valence electrons. The summed E-state index contributed by atoms with van der Waals surface area (Å²) in [5, 5.41) is 0.768. The lowest BCUT2D eigenvalue weighted by Crippen LogP contribution is -2.33. The molecular formula is C17H16BrCl3. The predicted octanol–water partition coefficient (Wildman–Crippen LogP) is 6.37. The van der Waals surface area contributed by atoms with Crippen LogP contribution in [0.2, 0.25) is 5.02 Å². The first-order valence-corrected chi connectivity index (χ1v) is 8.88. The lowest BCUT2D eigenvalue weighted by Gasteiger charge is -2.31. The maximum Gasteiger partial charge on any atom is 0.0440 e. The highest BCUT2D eigenvalue weighted by atomic mass is 79.9. The van der Waals surface area contributed by atoms with Crippen molar-refractivity contribution < 1.29 is 0 Å². The Morgan fingerprint density at radius 3 is 2.33 bits per heavy atom. The zero-order valence-corrected chi connectivity index (χ0v) is 15.5. The van der Waals surface area contributed by atoms with Gasteiger partial charge in [0.05, 0.1) is 0 Å². The van der Waals surface area contributed by atoms with Gasteiger partial charge in [0.15, 0.2) is 0 Å². The van der Waals surface area contributed by atoms with E-state index in [0.717, 1.165) is 32.6 Å². The quantitative estimate of drug-likeness (QED) is 0.506. The van der Waals surface area contributed by atoms with Gasteiger partial charge >= 0.3 is 0 Å². The molecule has 21 heavy (non-hydrogen) atoms. The Labute approximate surface area is 149 Å². The summed E-state index contributed by atoms with van der Waals surface area (Å²) in [5.74, 6) is 0.883. The lowest BCUT2D eigenvalue weighted by atomic mass is 9.78. The molecule has 2 aromatic carbocycles. The second kappa shape index (κ2) is 7.37. The zero-order chi connectivity index (χ0) is 15.5. The number of halogens is 4. The fourth-order valence-corrected chi connectivity index (χ4v) is 3.85. The molecule has 0 aliphatic rings. The zero-order valence-electron chi connectivity index (χ0n) is 11.7. The molecule has 2 rings (SSSR count). The molecule has 0 atom stereocenters. The minimum Gasteiger partial charge on any atom is -0.126 e. The molecule has 0 aromatic heterocycles. The van der Waals surface area contributed by atoms with Crippen LogP contribution < -0.4 is 0 Å². The van der Waals surface area contributed by atoms with Gasteiger partial charge < -0.3 is 0 Å². The molecule has 0 N–H and O–H groups in total. The van der Waals surface area contributed by atoms with Crippen molar-refractivity contribution in [2.45, 2.75) is 18.8 Å². The van der Waals surface area contributed by atoms with E-state index in [1.165, 1.54) is 0 Å². The Kier molecular flexibility index (Phi) is 6.02. The van der Waals surface area contributed by atoms with Crippen molar-refractivity contribution in [2.75, 3.05) is 11.8 Å². The molecule has 0 unspecified atom stereocenters. The van der Waals surface area contributed by atoms with Gasteiger partial charge in [0.2, 0.25) is 0 Å². The van der Waals surface area contributed by atoms with Gasteiger partial charge in [-0.2, -0.15) is 0 Å². The molecule has 0 aliphatic heterocycles. The Bertz CT molecular complexity index is 621. The minimum atomic E-state index is -0.328. The van der Waals surface area contributed by atoms with Crippen LogP contribution in [0.1, 0.15) is 16.7 Å². The van der Waals surface area contributed by atoms with Crippen LogP contribution in [0.25, 0.3) is 0 Å². The standard InChI is InChI=1S/C17H16BrCl3/c1-12-5-6-13(16(21)7-12)9-17(10-19,11-20)14-3-2-4-15(18)8-14/h2-8H,9-11H2,1H3. The van der Waals surface area contributed by atoms with E-state index in [1.807, 2.05) is 25.1 Å². The van der Waals surface area contributed by atoms with Crippen molar-refractivity contribution in [1.29, 1.82) is 0 Å². The van der Waals surface area contributed by atoms with Crippen LogP contribution in [0.3, 0.4) is 0 Å². The van der Waals surface area contributed by atoms with Crippen LogP contribution in [0.4, 0.5) is 0 Å². The number of hydrogen-bond acceptors (Lipinski definition) is 0. The van der Waals surface area contributed by atoms with Gasteiger partial charge in [-0.3, -0.25) is 0 Å². The summed E-state index contributed by atoms with van der Waals surface area (Å²) in [4.78, 5) is 0. The predicted molar refractivity (Wildman–Crippen MR) is 97.2 cm³/mol. The summed E-state index contributed by atoms with van der Waals surface area (Å²) in [6.45, 7) is 2.03. The maximum atomic E-state index is 6.37. The number of alkyl halides is 2. The van der Waals surface area contributed by atoms with E-state index in [-0.39, 0.29) is 5.41 Å². The normalized spacial score (nSPS) is 11.7. The van der Waals surface area contributed by atoms with Crippen LogP contribution in [0.5, 0.6) is 0 Å². The van der Waals surface area contributed by atoms with Crippen molar-refractivity contribution in [1.82, 2.24) is 0 Å². The molecule has 0 aliphatic carbocycles. The van der Waals surface area contributed by atoms with E-state index in [0.29, 0.717) is 11.8 Å². The fraction of sp³-hybridized carbons (Fsp3) is 0.294. The summed E-state index contributed by atoms with van der Waals surface area (Å²) >= 11 is 22.5. The largest absolute Gasteiger partial charge is 0.126 e. The monoisotopic (exact) mass is 404 g/mol. The molecule has 4 heteroatoms. The van der Waals surface area contributed by atoms with Gasteiger partial charge in [0, 0.05) is 26.7 Å². The van der Waals surface area contributed by atoms with Crippen molar-refractivity contribution in [3.8, 4) is 0 Å². The third-order valence-corrected chi connectivity index (χ3v) is 5.55. The third-order valence-electron chi connectivity index (χ3n) is 3.69. The summed E-state index contributed by atoms with van der Waals surface area (Å²) in [7, 11) is 0. The highest BCUT2D eigenvalue weighted by Gasteiger charge is 2.32. The van der Waals surface area contributed by atoms with Crippen LogP contribution in [-0.4, -0.2) is 11.8 Å². The smallest absolute Gasteiger partial charge is 0.0440 e. The van der Waals surface area contributed by atoms with E-state index in [2.05, 4.69) is 40.2 Å². The van der Waals surface area contributed by atoms with E-state index in [4.69, 9.17) is 34.8 Å². The second-order valence-electron chi connectivity index (χ2n) is 5.33. The highest BCUT2D eigenvalue weighted by Crippen LogP contribution is 2.35. The van der Waals surface area contributed by atoms with Crippen LogP contribution in [0.15, 0.2) is 46.9 Å². The van der Waals surface area contributed by atoms with E-state index in [1.54, 1.807) is 0 Å². The second-order valence-corrected chi connectivity index (χ2v) is 7.19. The van der Waals surface area contributed by atoms with Crippen molar-refractivity contribution in [3.63, 3.8) is 0 Å². The van der Waals surface area contributed by atoms with Gasteiger partial charge in [0.1, 0.15) is 0 Å². The lowest BCUT2D eigenvalue weighted by molar-refractivity contribution is 0.536. The maximum absolute atomic E-state index is 6.37. The first kappa shape index (κ1) is 17.1. The molecule has 0 nitrogen and oxygen atoms in total. The average Bonchev–Trinajstić information content (AvgIpc) is 2.47. The summed E-state index contributed by atoms with van der Waals surface area (Å²) in [6, 6.07) is 14.2. The molecule has 0 spiro atoms. The Morgan fingerprint density at radius 1 is 1.05 bits per heavy atom. The van der Waals surface area contributed by atoms with Gasteiger partial charge in [-0.25, -0.2) is 0 Å². The number of rotatable bonds is 5. The first-order chi connectivity index (χ1) is 10.0. The first-order valence-electron chi connectivity index (χ1n) is 6.64. The third kappa shape index (κ3) is 3.96. The van der Waals surface area contributed by atoms with Gasteiger partial charge in [-0.1, -0.05) is 51.8 Å². The molecule has 0 saturated carbocycles. The minimum absolute atomic E-state index is 0.328. The van der Waals surface area contributed by atoms with Crippen LogP contribution in [-0.2, 0) is 11.8 Å². The summed E-state index contributed by atoms with van der Waals surface area (Å²) in [5.41, 5.74) is 3.02. The Morgan fingerprint density at radius 2 is 1.76 bits per heavy atom. The van der Waals surface area contributed by atoms with Gasteiger partial charge in [-0.05, 0) is 48.2 Å². The Hall–Kier alpha value is -0.210. The van der Waals surface area contributed by atoms with Crippen LogP contribution in [0, 0.1) is 6.92 Å². The molecular weight excluding hydrogens is 390 g/mol. The van der Waals surface area contributed by atoms with E-state index < -0.39 is 0 Å². The SMILES string of the molecule is Cc1ccc(CC(CCl)(CCl)c2cccc(Br)c2)c(Cl)c1. The molecule has 2 aromatic rings. The molecule has 0 amide bonds. The summed E-state index contributed by atoms with van der Waals surface area (Å²) < 4.78 is 1.02. The summed E-state index contributed by atoms with van der Waals surface area (Å²) in [6.07, 6.45) is 0.718. The Balaban J connectivity index is 2.43. The van der Waals surface area contributed by atoms with E-state index >= 15 is 0 Å². The number of benzene rings is 2. The van der Waals surface area contributed by atoms with Crippen molar-refractivity contribution >= 4 is 50.7 Å². The number of aryl methyl sites for hydroxylation is 1. The molecule has 0 saturated heterocycles. The van der Waals surface area contributed by atoms with Gasteiger partial charge in [-0.15, -0.1) is 23.2 Å². The topological polar surface area (TPSA) is 0 Å². The number of hydrogen-bond donors (Lipinski definition) is 0. The van der Waals surface area contributed by atoms with Crippen LogP contribution >= 0.6 is 50.7 Å². The van der Waals surface area contributed by atoms with Crippen molar-refractivity contribution in [3.05, 3.63) is 68.7 Å². The molecule has 0 bridgehead atoms. The molecule has 0 fully saturated rings. The van der Waals surface area contributed by atoms with Crippen molar-refractivity contribution in [2.24, 2.45) is 0 Å². The highest BCUT2D eigenvalue weighted by molar-refractivity contribution is 9.10. The fourth-order valence-electron chi connectivity index (χ4n) is 2.37. The van der Waals surface area contributed by atoms with E-state index in [9.17, 15) is 0 Å². The average molecular weight is 407 g/mol.